The molecule has 1 spiro atoms. The lowest BCUT2D eigenvalue weighted by molar-refractivity contribution is -0.137. The summed E-state index contributed by atoms with van der Waals surface area (Å²) in [5.41, 5.74) is 0.245. The number of nitrogens with zero attached hydrogens (tertiary/aromatic N) is 2. The molecule has 3 heterocycles. The number of carbonyl (C=O) groups is 2. The van der Waals surface area contributed by atoms with Crippen LogP contribution in [0.4, 0.5) is 0 Å². The Balaban J connectivity index is 1.62. The lowest BCUT2D eigenvalue weighted by Gasteiger charge is -2.46. The highest BCUT2D eigenvalue weighted by atomic mass is 32.1. The van der Waals surface area contributed by atoms with Gasteiger partial charge in [0, 0.05) is 33.1 Å². The van der Waals surface area contributed by atoms with E-state index in [0.29, 0.717) is 6.42 Å². The van der Waals surface area contributed by atoms with Crippen LogP contribution in [-0.4, -0.2) is 48.3 Å². The summed E-state index contributed by atoms with van der Waals surface area (Å²) in [6, 6.07) is 3.81. The maximum atomic E-state index is 12.3. The van der Waals surface area contributed by atoms with E-state index >= 15 is 0 Å². The van der Waals surface area contributed by atoms with Crippen molar-refractivity contribution >= 4 is 23.2 Å². The molecule has 0 radical (unpaired) electrons. The quantitative estimate of drug-likeness (QED) is 0.796. The Morgan fingerprint density at radius 2 is 2.05 bits per heavy atom. The maximum absolute atomic E-state index is 12.3. The Morgan fingerprint density at radius 3 is 2.65 bits per heavy atom. The third kappa shape index (κ3) is 2.46. The van der Waals surface area contributed by atoms with E-state index in [0.717, 1.165) is 43.8 Å². The molecule has 20 heavy (non-hydrogen) atoms. The molecule has 5 heteroatoms. The zero-order chi connectivity index (χ0) is 14.2. The van der Waals surface area contributed by atoms with Crippen LogP contribution >= 0.6 is 11.3 Å². The van der Waals surface area contributed by atoms with Crippen LogP contribution in [0.2, 0.25) is 0 Å². The summed E-state index contributed by atoms with van der Waals surface area (Å²) in [5, 5.41) is 1.94. The predicted molar refractivity (Wildman–Crippen MR) is 78.8 cm³/mol. The van der Waals surface area contributed by atoms with Gasteiger partial charge in [-0.2, -0.15) is 0 Å². The Kier molecular flexibility index (Phi) is 3.54. The van der Waals surface area contributed by atoms with Gasteiger partial charge in [-0.25, -0.2) is 0 Å². The van der Waals surface area contributed by atoms with E-state index in [1.807, 2.05) is 34.4 Å². The van der Waals surface area contributed by atoms with Crippen molar-refractivity contribution in [3.63, 3.8) is 0 Å². The Morgan fingerprint density at radius 1 is 1.30 bits per heavy atom. The summed E-state index contributed by atoms with van der Waals surface area (Å²) in [5.74, 6) is 0.419. The minimum Gasteiger partial charge on any atom is -0.345 e. The first-order valence-corrected chi connectivity index (χ1v) is 8.04. The largest absolute Gasteiger partial charge is 0.345 e. The van der Waals surface area contributed by atoms with Gasteiger partial charge < -0.3 is 9.80 Å². The van der Waals surface area contributed by atoms with Crippen LogP contribution in [0, 0.1) is 5.41 Å². The number of likely N-dealkylation sites (tertiary alicyclic amines) is 2. The molecule has 2 aliphatic rings. The van der Waals surface area contributed by atoms with Crippen LogP contribution in [0.3, 0.4) is 0 Å². The van der Waals surface area contributed by atoms with Crippen molar-refractivity contribution in [2.75, 3.05) is 26.7 Å². The first kappa shape index (κ1) is 13.6. The molecule has 2 saturated heterocycles. The van der Waals surface area contributed by atoms with Gasteiger partial charge in [-0.15, -0.1) is 11.3 Å². The zero-order valence-corrected chi connectivity index (χ0v) is 12.6. The highest BCUT2D eigenvalue weighted by Gasteiger charge is 2.40. The van der Waals surface area contributed by atoms with Crippen molar-refractivity contribution in [2.45, 2.75) is 25.7 Å². The molecule has 0 saturated carbocycles. The number of carbonyl (C=O) groups excluding carboxylic acids is 2. The molecule has 2 aliphatic heterocycles. The van der Waals surface area contributed by atoms with Crippen molar-refractivity contribution < 1.29 is 9.59 Å². The van der Waals surface area contributed by atoms with Crippen LogP contribution < -0.4 is 0 Å². The molecule has 0 atom stereocenters. The molecule has 1 aromatic heterocycles. The van der Waals surface area contributed by atoms with Crippen molar-refractivity contribution in [2.24, 2.45) is 5.41 Å². The average Bonchev–Trinajstić information content (AvgIpc) is 2.98. The molecule has 0 unspecified atom stereocenters. The third-order valence-electron chi connectivity index (χ3n) is 4.71. The molecule has 3 rings (SSSR count). The summed E-state index contributed by atoms with van der Waals surface area (Å²) in [6.45, 7) is 2.49. The van der Waals surface area contributed by atoms with Crippen molar-refractivity contribution in [3.8, 4) is 0 Å². The minimum atomic E-state index is 0.162. The number of rotatable bonds is 1. The molecular weight excluding hydrogens is 272 g/mol. The normalized spacial score (nSPS) is 22.4. The van der Waals surface area contributed by atoms with Gasteiger partial charge in [-0.05, 0) is 36.1 Å². The van der Waals surface area contributed by atoms with E-state index in [2.05, 4.69) is 0 Å². The number of hydrogen-bond acceptors (Lipinski definition) is 3. The molecule has 0 aliphatic carbocycles. The van der Waals surface area contributed by atoms with Crippen LogP contribution in [0.25, 0.3) is 0 Å². The zero-order valence-electron chi connectivity index (χ0n) is 11.8. The molecule has 2 fully saturated rings. The van der Waals surface area contributed by atoms with E-state index in [1.165, 1.54) is 11.3 Å². The average molecular weight is 292 g/mol. The predicted octanol–water partition coefficient (Wildman–Crippen LogP) is 2.22. The number of amides is 2. The topological polar surface area (TPSA) is 40.6 Å². The van der Waals surface area contributed by atoms with Crippen LogP contribution in [0.1, 0.15) is 35.4 Å². The summed E-state index contributed by atoms with van der Waals surface area (Å²) < 4.78 is 0. The highest BCUT2D eigenvalue weighted by molar-refractivity contribution is 7.12. The fraction of sp³-hybridized carbons (Fsp3) is 0.600. The van der Waals surface area contributed by atoms with E-state index in [1.54, 1.807) is 0 Å². The number of thiophene rings is 1. The van der Waals surface area contributed by atoms with Gasteiger partial charge in [-0.3, -0.25) is 9.59 Å². The standard InChI is InChI=1S/C15H20N2O2S/c1-16-11-15(5-4-13(16)18)6-8-17(9-7-15)14(19)12-3-2-10-20-12/h2-3,10H,4-9,11H2,1H3. The lowest BCUT2D eigenvalue weighted by atomic mass is 9.72. The van der Waals surface area contributed by atoms with Crippen molar-refractivity contribution in [1.29, 1.82) is 0 Å². The van der Waals surface area contributed by atoms with Crippen molar-refractivity contribution in [3.05, 3.63) is 22.4 Å². The first-order valence-electron chi connectivity index (χ1n) is 7.16. The van der Waals surface area contributed by atoms with Gasteiger partial charge in [0.2, 0.25) is 5.91 Å². The van der Waals surface area contributed by atoms with Gasteiger partial charge in [0.15, 0.2) is 0 Å². The van der Waals surface area contributed by atoms with Crippen LogP contribution in [-0.2, 0) is 4.79 Å². The van der Waals surface area contributed by atoms with Gasteiger partial charge in [0.1, 0.15) is 0 Å². The smallest absolute Gasteiger partial charge is 0.263 e. The molecule has 0 aromatic carbocycles. The van der Waals surface area contributed by atoms with Gasteiger partial charge in [0.25, 0.3) is 5.91 Å². The highest BCUT2D eigenvalue weighted by Crippen LogP contribution is 2.40. The molecule has 1 aromatic rings. The summed E-state index contributed by atoms with van der Waals surface area (Å²) >= 11 is 1.51. The van der Waals surface area contributed by atoms with Gasteiger partial charge in [-0.1, -0.05) is 6.07 Å². The van der Waals surface area contributed by atoms with E-state index < -0.39 is 0 Å². The maximum Gasteiger partial charge on any atom is 0.263 e. The Labute approximate surface area is 123 Å². The fourth-order valence-electron chi connectivity index (χ4n) is 3.38. The summed E-state index contributed by atoms with van der Waals surface area (Å²) in [6.07, 6.45) is 3.68. The van der Waals surface area contributed by atoms with Gasteiger partial charge in [0.05, 0.1) is 4.88 Å². The molecule has 0 N–H and O–H groups in total. The second-order valence-corrected chi connectivity index (χ2v) is 6.97. The summed E-state index contributed by atoms with van der Waals surface area (Å²) in [4.78, 5) is 28.6. The first-order chi connectivity index (χ1) is 9.60. The van der Waals surface area contributed by atoms with Crippen molar-refractivity contribution in [1.82, 2.24) is 9.80 Å². The van der Waals surface area contributed by atoms with Crippen LogP contribution in [0.5, 0.6) is 0 Å². The fourth-order valence-corrected chi connectivity index (χ4v) is 4.07. The van der Waals surface area contributed by atoms with E-state index in [4.69, 9.17) is 0 Å². The molecule has 2 amide bonds. The number of hydrogen-bond donors (Lipinski definition) is 0. The van der Waals surface area contributed by atoms with E-state index in [9.17, 15) is 9.59 Å². The SMILES string of the molecule is CN1CC2(CCC1=O)CCN(C(=O)c1cccs1)CC2. The monoisotopic (exact) mass is 292 g/mol. The summed E-state index contributed by atoms with van der Waals surface area (Å²) in [7, 11) is 1.90. The molecule has 108 valence electrons. The third-order valence-corrected chi connectivity index (χ3v) is 5.57. The van der Waals surface area contributed by atoms with Crippen LogP contribution in [0.15, 0.2) is 17.5 Å². The Hall–Kier alpha value is -1.36. The lowest BCUT2D eigenvalue weighted by Crippen LogP contribution is -2.51. The number of piperidine rings is 2. The molecule has 4 nitrogen and oxygen atoms in total. The Bertz CT molecular complexity index is 504. The minimum absolute atomic E-state index is 0.162. The second-order valence-electron chi connectivity index (χ2n) is 6.02. The second kappa shape index (κ2) is 5.20. The van der Waals surface area contributed by atoms with Gasteiger partial charge >= 0.3 is 0 Å². The molecular formula is C15H20N2O2S. The van der Waals surface area contributed by atoms with E-state index in [-0.39, 0.29) is 17.2 Å². The molecule has 0 bridgehead atoms.